The van der Waals surface area contributed by atoms with Crippen molar-refractivity contribution in [3.63, 3.8) is 0 Å². The lowest BCUT2D eigenvalue weighted by molar-refractivity contribution is -0.141. The van der Waals surface area contributed by atoms with Gasteiger partial charge >= 0.3 is 11.9 Å². The molecule has 1 fully saturated rings. The van der Waals surface area contributed by atoms with Crippen LogP contribution in [0.25, 0.3) is 11.3 Å². The first kappa shape index (κ1) is 28.9. The van der Waals surface area contributed by atoms with Crippen molar-refractivity contribution in [2.45, 2.75) is 12.0 Å². The zero-order chi connectivity index (χ0) is 31.6. The van der Waals surface area contributed by atoms with Gasteiger partial charge in [0.2, 0.25) is 12.5 Å². The van der Waals surface area contributed by atoms with Gasteiger partial charge in [-0.2, -0.15) is 5.10 Å². The number of halogens is 1. The van der Waals surface area contributed by atoms with E-state index in [-0.39, 0.29) is 13.4 Å². The van der Waals surface area contributed by atoms with Crippen molar-refractivity contribution < 1.29 is 42.7 Å². The molecular weight excluding hydrogens is 606 g/mol. The van der Waals surface area contributed by atoms with E-state index in [4.69, 9.17) is 44.8 Å². The van der Waals surface area contributed by atoms with E-state index in [0.29, 0.717) is 56.3 Å². The minimum Gasteiger partial charge on any atom is -0.493 e. The molecular formula is C32H30ClN3O9. The Morgan fingerprint density at radius 2 is 1.64 bits per heavy atom. The van der Waals surface area contributed by atoms with Gasteiger partial charge in [-0.3, -0.25) is 9.48 Å². The molecule has 45 heavy (non-hydrogen) atoms. The number of aryl methyl sites for hydroxylation is 2. The molecule has 4 atom stereocenters. The largest absolute Gasteiger partial charge is 0.493 e. The van der Waals surface area contributed by atoms with Gasteiger partial charge in [-0.25, -0.2) is 4.79 Å². The Balaban J connectivity index is 1.34. The molecule has 0 saturated carbocycles. The first-order chi connectivity index (χ1) is 21.7. The van der Waals surface area contributed by atoms with Crippen LogP contribution in [0.4, 0.5) is 0 Å². The number of rotatable bonds is 7. The second kappa shape index (κ2) is 11.0. The van der Waals surface area contributed by atoms with Crippen molar-refractivity contribution in [2.24, 2.45) is 25.9 Å². The molecule has 3 aliphatic rings. The van der Waals surface area contributed by atoms with Crippen LogP contribution in [0.5, 0.6) is 28.7 Å². The zero-order valence-corrected chi connectivity index (χ0v) is 25.9. The third kappa shape index (κ3) is 4.54. The van der Waals surface area contributed by atoms with Gasteiger partial charge < -0.3 is 37.7 Å². The normalized spacial score (nSPS) is 21.2. The number of cyclic esters (lactones) is 1. The fourth-order valence-corrected chi connectivity index (χ4v) is 7.03. The van der Waals surface area contributed by atoms with E-state index in [1.165, 1.54) is 21.3 Å². The fourth-order valence-electron chi connectivity index (χ4n) is 6.75. The number of carbonyl (C=O) groups is 2. The summed E-state index contributed by atoms with van der Waals surface area (Å²) in [7, 11) is 8.13. The van der Waals surface area contributed by atoms with Crippen LogP contribution in [-0.4, -0.2) is 61.0 Å². The number of methoxy groups -OCH3 is 3. The number of benzene rings is 2. The van der Waals surface area contributed by atoms with Gasteiger partial charge in [-0.05, 0) is 41.5 Å². The molecule has 0 bridgehead atoms. The average Bonchev–Trinajstić information content (AvgIpc) is 3.82. The maximum atomic E-state index is 13.9. The molecule has 0 amide bonds. The van der Waals surface area contributed by atoms with Crippen LogP contribution >= 0.6 is 11.6 Å². The van der Waals surface area contributed by atoms with Gasteiger partial charge in [0.05, 0.1) is 50.8 Å². The molecule has 13 heteroatoms. The van der Waals surface area contributed by atoms with E-state index < -0.39 is 35.8 Å². The SMILES string of the molecule is COc1cc([C@@H]2c3cc4c(cc3[C@H](OC(=O)c3cc(-c5c(Cl)cnn5C)cn3C)[C@H]3COC(=O)[C@@H]23)OCO4)cc(OC)c1OC. The molecule has 2 aromatic heterocycles. The number of ether oxygens (including phenoxy) is 7. The summed E-state index contributed by atoms with van der Waals surface area (Å²) in [5.74, 6) is -0.285. The highest BCUT2D eigenvalue weighted by Gasteiger charge is 2.54. The van der Waals surface area contributed by atoms with E-state index in [2.05, 4.69) is 5.10 Å². The Hall–Kier alpha value is -4.84. The summed E-state index contributed by atoms with van der Waals surface area (Å²) in [4.78, 5) is 27.4. The Morgan fingerprint density at radius 1 is 0.956 bits per heavy atom. The molecule has 1 aliphatic carbocycles. The topological polar surface area (TPSA) is 122 Å². The van der Waals surface area contributed by atoms with Crippen LogP contribution in [-0.2, 0) is 28.4 Å². The first-order valence-corrected chi connectivity index (χ1v) is 14.6. The predicted molar refractivity (Wildman–Crippen MR) is 159 cm³/mol. The zero-order valence-electron chi connectivity index (χ0n) is 25.2. The standard InChI is InChI=1S/C32H30ClN3O9/c1-35-12-16(28-20(33)11-34-36(28)2)6-21(35)31(37)45-29-18-10-23-22(43-14-44-23)9-17(18)26(27-19(29)13-42-32(27)38)15-7-24(39-3)30(41-5)25(8-15)40-4/h6-12,19,26-27,29H,13-14H2,1-5H3/t19-,26+,27+,29-/m0/s1. The number of aromatic nitrogens is 3. The van der Waals surface area contributed by atoms with Crippen molar-refractivity contribution in [1.82, 2.24) is 14.3 Å². The molecule has 2 aliphatic heterocycles. The highest BCUT2D eigenvalue weighted by atomic mass is 35.5. The first-order valence-electron chi connectivity index (χ1n) is 14.2. The molecule has 0 N–H and O–H groups in total. The molecule has 0 spiro atoms. The summed E-state index contributed by atoms with van der Waals surface area (Å²) in [5, 5.41) is 4.66. The van der Waals surface area contributed by atoms with Crippen LogP contribution in [0.15, 0.2) is 42.7 Å². The van der Waals surface area contributed by atoms with E-state index in [9.17, 15) is 9.59 Å². The highest BCUT2D eigenvalue weighted by Crippen LogP contribution is 2.56. The molecule has 0 unspecified atom stereocenters. The number of esters is 2. The Kier molecular flexibility index (Phi) is 7.03. The smallest absolute Gasteiger partial charge is 0.355 e. The second-order valence-corrected chi connectivity index (χ2v) is 11.5. The third-order valence-electron chi connectivity index (χ3n) is 8.78. The lowest BCUT2D eigenvalue weighted by Gasteiger charge is -2.38. The van der Waals surface area contributed by atoms with Crippen molar-refractivity contribution in [1.29, 1.82) is 0 Å². The van der Waals surface area contributed by atoms with Crippen LogP contribution in [0, 0.1) is 11.8 Å². The van der Waals surface area contributed by atoms with Crippen LogP contribution in [0.2, 0.25) is 5.02 Å². The maximum absolute atomic E-state index is 13.9. The molecule has 7 rings (SSSR count). The Labute approximate surface area is 263 Å². The van der Waals surface area contributed by atoms with E-state index in [0.717, 1.165) is 11.1 Å². The molecule has 1 saturated heterocycles. The number of hydrogen-bond donors (Lipinski definition) is 0. The lowest BCUT2D eigenvalue weighted by atomic mass is 9.66. The molecule has 4 aromatic rings. The van der Waals surface area contributed by atoms with Gasteiger partial charge in [0.15, 0.2) is 23.0 Å². The van der Waals surface area contributed by atoms with Gasteiger partial charge in [0.1, 0.15) is 11.8 Å². The van der Waals surface area contributed by atoms with E-state index >= 15 is 0 Å². The summed E-state index contributed by atoms with van der Waals surface area (Å²) in [6.07, 6.45) is 2.51. The monoisotopic (exact) mass is 635 g/mol. The van der Waals surface area contributed by atoms with E-state index in [1.807, 2.05) is 24.3 Å². The third-order valence-corrected chi connectivity index (χ3v) is 9.06. The van der Waals surface area contributed by atoms with Gasteiger partial charge in [0.25, 0.3) is 0 Å². The van der Waals surface area contributed by atoms with Crippen molar-refractivity contribution in [3.05, 3.63) is 70.1 Å². The minimum absolute atomic E-state index is 0.0507. The Bertz CT molecular complexity index is 1800. The second-order valence-electron chi connectivity index (χ2n) is 11.1. The molecule has 234 valence electrons. The quantitative estimate of drug-likeness (QED) is 0.265. The Morgan fingerprint density at radius 3 is 2.27 bits per heavy atom. The van der Waals surface area contributed by atoms with Gasteiger partial charge in [0, 0.05) is 43.3 Å². The number of hydrogen-bond acceptors (Lipinski definition) is 10. The predicted octanol–water partition coefficient (Wildman–Crippen LogP) is 4.67. The van der Waals surface area contributed by atoms with Gasteiger partial charge in [-0.1, -0.05) is 11.6 Å². The molecule has 4 heterocycles. The van der Waals surface area contributed by atoms with E-state index in [1.54, 1.807) is 41.8 Å². The van der Waals surface area contributed by atoms with Crippen LogP contribution < -0.4 is 23.7 Å². The number of carbonyl (C=O) groups excluding carboxylic acids is 2. The summed E-state index contributed by atoms with van der Waals surface area (Å²) in [5.41, 5.74) is 3.85. The fraction of sp³-hybridized carbons (Fsp3) is 0.344. The van der Waals surface area contributed by atoms with Crippen LogP contribution in [0.3, 0.4) is 0 Å². The number of fused-ring (bicyclic) bond motifs is 3. The maximum Gasteiger partial charge on any atom is 0.355 e. The minimum atomic E-state index is -0.824. The lowest BCUT2D eigenvalue weighted by Crippen LogP contribution is -2.36. The summed E-state index contributed by atoms with van der Waals surface area (Å²) >= 11 is 6.37. The molecule has 12 nitrogen and oxygen atoms in total. The summed E-state index contributed by atoms with van der Waals surface area (Å²) in [6, 6.07) is 9.03. The summed E-state index contributed by atoms with van der Waals surface area (Å²) < 4.78 is 43.5. The highest BCUT2D eigenvalue weighted by molar-refractivity contribution is 6.33. The summed E-state index contributed by atoms with van der Waals surface area (Å²) in [6.45, 7) is 0.119. The van der Waals surface area contributed by atoms with Crippen molar-refractivity contribution in [3.8, 4) is 40.0 Å². The van der Waals surface area contributed by atoms with Crippen molar-refractivity contribution in [2.75, 3.05) is 34.7 Å². The molecule has 2 aromatic carbocycles. The van der Waals surface area contributed by atoms with Crippen molar-refractivity contribution >= 4 is 23.5 Å². The average molecular weight is 636 g/mol. The van der Waals surface area contributed by atoms with Crippen LogP contribution in [0.1, 0.15) is 39.2 Å². The molecule has 0 radical (unpaired) electrons. The number of nitrogens with zero attached hydrogens (tertiary/aromatic N) is 3. The van der Waals surface area contributed by atoms with Gasteiger partial charge in [-0.15, -0.1) is 0 Å².